The Morgan fingerprint density at radius 3 is 2.44 bits per heavy atom. The first-order chi connectivity index (χ1) is 15.5. The third-order valence-electron chi connectivity index (χ3n) is 6.76. The molecule has 0 aliphatic carbocycles. The highest BCUT2D eigenvalue weighted by Crippen LogP contribution is 2.36. The fraction of sp³-hybridized carbons (Fsp3) is 0.391. The minimum absolute atomic E-state index is 0.127. The Balaban J connectivity index is 1.22. The number of piperidine rings is 1. The van der Waals surface area contributed by atoms with Crippen molar-refractivity contribution in [3.05, 3.63) is 63.0 Å². The number of anilines is 1. The van der Waals surface area contributed by atoms with Gasteiger partial charge < -0.3 is 20.1 Å². The van der Waals surface area contributed by atoms with Gasteiger partial charge in [0.15, 0.2) is 0 Å². The average molecular weight is 474 g/mol. The van der Waals surface area contributed by atoms with Crippen LogP contribution >= 0.6 is 23.2 Å². The number of rotatable bonds is 5. The van der Waals surface area contributed by atoms with E-state index < -0.39 is 5.54 Å². The monoisotopic (exact) mass is 473 g/mol. The van der Waals surface area contributed by atoms with Crippen molar-refractivity contribution in [2.45, 2.75) is 31.3 Å². The first kappa shape index (κ1) is 21.4. The third kappa shape index (κ3) is 3.68. The molecule has 0 bridgehead atoms. The highest BCUT2D eigenvalue weighted by molar-refractivity contribution is 6.42. The lowest BCUT2D eigenvalue weighted by molar-refractivity contribution is -0.125. The standard InChI is InChI=1S/C23H25Cl2N5O2/c24-17-13-19-20(14-18(17)25)29(22(32)27-19)10-4-9-28-11-7-23(8-12-28)21(31)26-15-30(23)16-5-2-1-3-6-16/h1-3,5-6,13-14H,4,7-12,15H2,(H,26,31)(H,27,32). The van der Waals surface area contributed by atoms with Gasteiger partial charge >= 0.3 is 5.69 Å². The smallest absolute Gasteiger partial charge is 0.326 e. The number of hydrogen-bond acceptors (Lipinski definition) is 4. The molecule has 2 N–H and O–H groups in total. The van der Waals surface area contributed by atoms with Crippen molar-refractivity contribution in [1.29, 1.82) is 0 Å². The number of nitrogens with zero attached hydrogens (tertiary/aromatic N) is 3. The molecule has 2 aromatic carbocycles. The average Bonchev–Trinajstić information content (AvgIpc) is 3.27. The van der Waals surface area contributed by atoms with Crippen molar-refractivity contribution in [1.82, 2.24) is 19.8 Å². The van der Waals surface area contributed by atoms with E-state index in [2.05, 4.69) is 32.2 Å². The van der Waals surface area contributed by atoms with Crippen molar-refractivity contribution < 1.29 is 4.79 Å². The van der Waals surface area contributed by atoms with Gasteiger partial charge in [0, 0.05) is 25.3 Å². The Kier molecular flexibility index (Phi) is 5.65. The van der Waals surface area contributed by atoms with Gasteiger partial charge in [-0.3, -0.25) is 9.36 Å². The molecule has 1 spiro atoms. The van der Waals surface area contributed by atoms with Crippen LogP contribution in [0.2, 0.25) is 10.0 Å². The molecule has 1 aromatic heterocycles. The first-order valence-corrected chi connectivity index (χ1v) is 11.6. The Labute approximate surface area is 195 Å². The zero-order valence-electron chi connectivity index (χ0n) is 17.6. The summed E-state index contributed by atoms with van der Waals surface area (Å²) in [5, 5.41) is 3.91. The molecular weight excluding hydrogens is 449 g/mol. The number of amides is 1. The molecule has 2 aliphatic heterocycles. The molecular formula is C23H25Cl2N5O2. The lowest BCUT2D eigenvalue weighted by Gasteiger charge is -2.43. The molecule has 3 heterocycles. The molecule has 2 fully saturated rings. The molecule has 32 heavy (non-hydrogen) atoms. The van der Waals surface area contributed by atoms with E-state index in [-0.39, 0.29) is 11.6 Å². The number of aryl methyl sites for hydroxylation is 1. The van der Waals surface area contributed by atoms with Crippen LogP contribution in [0.25, 0.3) is 11.0 Å². The van der Waals surface area contributed by atoms with Gasteiger partial charge in [-0.05, 0) is 50.1 Å². The van der Waals surface area contributed by atoms with Crippen LogP contribution in [0.1, 0.15) is 19.3 Å². The van der Waals surface area contributed by atoms with Crippen LogP contribution in [-0.2, 0) is 11.3 Å². The van der Waals surface area contributed by atoms with Gasteiger partial charge in [-0.25, -0.2) is 4.79 Å². The molecule has 1 amide bonds. The Morgan fingerprint density at radius 1 is 0.969 bits per heavy atom. The number of imidazole rings is 1. The number of carbonyl (C=O) groups is 1. The molecule has 7 nitrogen and oxygen atoms in total. The molecule has 0 radical (unpaired) electrons. The second kappa shape index (κ2) is 8.46. The van der Waals surface area contributed by atoms with Crippen molar-refractivity contribution in [3.8, 4) is 0 Å². The quantitative estimate of drug-likeness (QED) is 0.594. The van der Waals surface area contributed by atoms with Crippen molar-refractivity contribution in [3.63, 3.8) is 0 Å². The molecule has 0 saturated carbocycles. The molecule has 0 unspecified atom stereocenters. The van der Waals surface area contributed by atoms with Crippen LogP contribution < -0.4 is 15.9 Å². The second-order valence-electron chi connectivity index (χ2n) is 8.52. The van der Waals surface area contributed by atoms with E-state index in [4.69, 9.17) is 23.2 Å². The number of likely N-dealkylation sites (tertiary alicyclic amines) is 1. The van der Waals surface area contributed by atoms with Crippen LogP contribution in [0.3, 0.4) is 0 Å². The summed E-state index contributed by atoms with van der Waals surface area (Å²) in [7, 11) is 0. The third-order valence-corrected chi connectivity index (χ3v) is 7.48. The summed E-state index contributed by atoms with van der Waals surface area (Å²) in [6.07, 6.45) is 2.40. The Hall–Kier alpha value is -2.48. The van der Waals surface area contributed by atoms with Gasteiger partial charge in [0.1, 0.15) is 5.54 Å². The number of fused-ring (bicyclic) bond motifs is 1. The maximum atomic E-state index is 12.8. The lowest BCUT2D eigenvalue weighted by Crippen LogP contribution is -2.56. The number of halogens is 2. The van der Waals surface area contributed by atoms with Crippen LogP contribution in [-0.4, -0.2) is 52.2 Å². The summed E-state index contributed by atoms with van der Waals surface area (Å²) in [6, 6.07) is 13.6. The van der Waals surface area contributed by atoms with Gasteiger partial charge in [0.05, 0.1) is 27.7 Å². The zero-order chi connectivity index (χ0) is 22.3. The molecule has 2 saturated heterocycles. The number of para-hydroxylation sites is 1. The predicted molar refractivity (Wildman–Crippen MR) is 128 cm³/mol. The number of aromatic nitrogens is 2. The van der Waals surface area contributed by atoms with Crippen LogP contribution in [0.4, 0.5) is 5.69 Å². The Bertz CT molecular complexity index is 1200. The number of aromatic amines is 1. The number of carbonyl (C=O) groups excluding carboxylic acids is 1. The maximum absolute atomic E-state index is 12.8. The largest absolute Gasteiger partial charge is 0.339 e. The zero-order valence-corrected chi connectivity index (χ0v) is 19.1. The number of benzene rings is 2. The fourth-order valence-corrected chi connectivity index (χ4v) is 5.33. The number of H-pyrrole nitrogens is 1. The van der Waals surface area contributed by atoms with E-state index in [9.17, 15) is 9.59 Å². The SMILES string of the molecule is O=C1NCN(c2ccccc2)C12CCN(CCCn1c(=O)[nH]c3cc(Cl)c(Cl)cc31)CC2. The van der Waals surface area contributed by atoms with E-state index in [1.54, 1.807) is 16.7 Å². The summed E-state index contributed by atoms with van der Waals surface area (Å²) in [4.78, 5) is 32.6. The van der Waals surface area contributed by atoms with E-state index in [0.717, 1.165) is 50.1 Å². The fourth-order valence-electron chi connectivity index (χ4n) is 5.01. The van der Waals surface area contributed by atoms with Crippen molar-refractivity contribution >= 4 is 45.8 Å². The van der Waals surface area contributed by atoms with Gasteiger partial charge in [0.2, 0.25) is 5.91 Å². The number of nitrogens with one attached hydrogen (secondary N) is 2. The van der Waals surface area contributed by atoms with Crippen LogP contribution in [0, 0.1) is 0 Å². The predicted octanol–water partition coefficient (Wildman–Crippen LogP) is 3.46. The Morgan fingerprint density at radius 2 is 1.69 bits per heavy atom. The van der Waals surface area contributed by atoms with E-state index in [0.29, 0.717) is 28.8 Å². The molecule has 168 valence electrons. The number of hydrogen-bond donors (Lipinski definition) is 2. The van der Waals surface area contributed by atoms with Gasteiger partial charge in [-0.15, -0.1) is 0 Å². The topological polar surface area (TPSA) is 73.4 Å². The summed E-state index contributed by atoms with van der Waals surface area (Å²) in [5.74, 6) is 0.127. The van der Waals surface area contributed by atoms with Crippen molar-refractivity contribution in [2.75, 3.05) is 31.2 Å². The van der Waals surface area contributed by atoms with Crippen LogP contribution in [0.5, 0.6) is 0 Å². The van der Waals surface area contributed by atoms with Crippen LogP contribution in [0.15, 0.2) is 47.3 Å². The van der Waals surface area contributed by atoms with E-state index in [1.165, 1.54) is 0 Å². The molecule has 2 aliphatic rings. The molecule has 0 atom stereocenters. The minimum Gasteiger partial charge on any atom is -0.339 e. The molecule has 9 heteroatoms. The minimum atomic E-state index is -0.471. The molecule has 5 rings (SSSR count). The van der Waals surface area contributed by atoms with Crippen molar-refractivity contribution in [2.24, 2.45) is 0 Å². The van der Waals surface area contributed by atoms with E-state index in [1.807, 2.05) is 18.2 Å². The summed E-state index contributed by atoms with van der Waals surface area (Å²) >= 11 is 12.2. The lowest BCUT2D eigenvalue weighted by atomic mass is 9.85. The van der Waals surface area contributed by atoms with Gasteiger partial charge in [-0.1, -0.05) is 41.4 Å². The summed E-state index contributed by atoms with van der Waals surface area (Å²) < 4.78 is 1.71. The highest BCUT2D eigenvalue weighted by atomic mass is 35.5. The maximum Gasteiger partial charge on any atom is 0.326 e. The highest BCUT2D eigenvalue weighted by Gasteiger charge is 2.50. The molecule has 3 aromatic rings. The first-order valence-electron chi connectivity index (χ1n) is 10.9. The summed E-state index contributed by atoms with van der Waals surface area (Å²) in [6.45, 7) is 3.71. The van der Waals surface area contributed by atoms with E-state index >= 15 is 0 Å². The summed E-state index contributed by atoms with van der Waals surface area (Å²) in [5.41, 5.74) is 1.91. The second-order valence-corrected chi connectivity index (χ2v) is 9.33. The normalized spacial score (nSPS) is 18.6. The van der Waals surface area contributed by atoms with Gasteiger partial charge in [0.25, 0.3) is 0 Å². The van der Waals surface area contributed by atoms with Gasteiger partial charge in [-0.2, -0.15) is 0 Å².